The van der Waals surface area contributed by atoms with Crippen LogP contribution in [0.2, 0.25) is 0 Å². The van der Waals surface area contributed by atoms with Crippen LogP contribution in [0, 0.1) is 0 Å². The van der Waals surface area contributed by atoms with Crippen molar-refractivity contribution in [3.05, 3.63) is 0 Å². The van der Waals surface area contributed by atoms with Crippen LogP contribution in [0.15, 0.2) is 0 Å². The van der Waals surface area contributed by atoms with E-state index in [4.69, 9.17) is 30.1 Å². The first-order valence-corrected chi connectivity index (χ1v) is 2.79. The fraction of sp³-hybridized carbons (Fsp3) is 0. The van der Waals surface area contributed by atoms with E-state index in [1.54, 1.807) is 0 Å². The molecule has 0 aromatic carbocycles. The quantitative estimate of drug-likeness (QED) is 0.294. The summed E-state index contributed by atoms with van der Waals surface area (Å²) in [7, 11) is -5.83. The summed E-state index contributed by atoms with van der Waals surface area (Å²) < 4.78 is 21.0. The molecule has 10 nitrogen and oxygen atoms in total. The van der Waals surface area contributed by atoms with Crippen LogP contribution in [0.3, 0.4) is 0 Å². The molecule has 0 aliphatic heterocycles. The van der Waals surface area contributed by atoms with Crippen LogP contribution in [-0.2, 0) is 19.5 Å². The summed E-state index contributed by atoms with van der Waals surface area (Å²) in [6.45, 7) is 0. The zero-order chi connectivity index (χ0) is 13.7. The van der Waals surface area contributed by atoms with Crippen molar-refractivity contribution in [2.24, 2.45) is 0 Å². The zero-order valence-electron chi connectivity index (χ0n) is 9.11. The minimum Gasteiger partial charge on any atom is -0.907 e. The molecule has 0 aliphatic rings. The van der Waals surface area contributed by atoms with E-state index >= 15 is 0 Å². The Bertz CT molecular complexity index is 172. The Morgan fingerprint density at radius 2 is 0.789 bits per heavy atom. The van der Waals surface area contributed by atoms with Gasteiger partial charge in [0, 0.05) is 9.05 Å². The molecule has 17 heteroatoms. The van der Waals surface area contributed by atoms with Gasteiger partial charge in [0.05, 0.1) is 0 Å². The van der Waals surface area contributed by atoms with Crippen LogP contribution in [0.4, 0.5) is 9.05 Å². The summed E-state index contributed by atoms with van der Waals surface area (Å²) in [5, 5.41) is 50.5. The molecule has 0 spiro atoms. The average molecular weight is 364 g/mol. The van der Waals surface area contributed by atoms with E-state index in [9.17, 15) is 18.6 Å². The minimum atomic E-state index is -2.92. The van der Waals surface area contributed by atoms with Gasteiger partial charge in [0.25, 0.3) is 0 Å². The number of rotatable bonds is 0. The second-order valence-electron chi connectivity index (χ2n) is 1.31. The van der Waals surface area contributed by atoms with Gasteiger partial charge in [-0.1, -0.05) is 0 Å². The van der Waals surface area contributed by atoms with Gasteiger partial charge in [0.15, 0.2) is 0 Å². The Labute approximate surface area is 195 Å². The number of halogens is 2. The molecule has 0 aromatic heterocycles. The molecule has 94 valence electrons. The molecule has 0 saturated carbocycles. The van der Waals surface area contributed by atoms with E-state index < -0.39 is 26.6 Å². The molecular formula is C2B2Ca3F2O10. The summed E-state index contributed by atoms with van der Waals surface area (Å²) >= 11 is 0. The molecule has 0 saturated heterocycles. The Morgan fingerprint density at radius 1 is 0.684 bits per heavy atom. The van der Waals surface area contributed by atoms with E-state index in [1.807, 2.05) is 0 Å². The van der Waals surface area contributed by atoms with Crippen molar-refractivity contribution in [1.82, 2.24) is 0 Å². The van der Waals surface area contributed by atoms with Crippen molar-refractivity contribution in [3.8, 4) is 0 Å². The van der Waals surface area contributed by atoms with Crippen LogP contribution in [0.5, 0.6) is 0 Å². The monoisotopic (exact) mass is 364 g/mol. The summed E-state index contributed by atoms with van der Waals surface area (Å²) in [5.74, 6) is -4.04. The van der Waals surface area contributed by atoms with Gasteiger partial charge in [-0.05, 0) is 0 Å². The van der Waals surface area contributed by atoms with Gasteiger partial charge < -0.3 is 30.1 Å². The average Bonchev–Trinajstić information content (AvgIpc) is 2.13. The maximum atomic E-state index is 10.5. The van der Waals surface area contributed by atoms with Gasteiger partial charge in [-0.25, -0.2) is 19.5 Å². The number of carbonyl (C=O) groups is 2. The molecule has 0 radical (unpaired) electrons. The first-order chi connectivity index (χ1) is 7.18. The third-order valence-electron chi connectivity index (χ3n) is 0.307. The fourth-order valence-corrected chi connectivity index (χ4v) is 0.0630. The molecular weight excluding hydrogens is 364 g/mol. The summed E-state index contributed by atoms with van der Waals surface area (Å²) in [5.41, 5.74) is 0. The summed E-state index contributed by atoms with van der Waals surface area (Å²) in [6, 6.07) is 0. The predicted molar refractivity (Wildman–Crippen MR) is 43.2 cm³/mol. The third-order valence-corrected chi connectivity index (χ3v) is 0.307. The molecule has 0 N–H and O–H groups in total. The van der Waals surface area contributed by atoms with Crippen LogP contribution < -0.4 is 30.1 Å². The Balaban J connectivity index is -0.0000000337. The maximum Gasteiger partial charge on any atom is 2.00 e. The standard InChI is InChI=1S/C2F2O4.2BO3.3Ca/c3-7-1(5)2(6)8-4;2*2-1(3)4;;;/q;2*-3;3*+2. The molecule has 0 unspecified atom stereocenters. The van der Waals surface area contributed by atoms with Gasteiger partial charge in [-0.3, -0.25) is 14.6 Å². The zero-order valence-corrected chi connectivity index (χ0v) is 15.7. The van der Waals surface area contributed by atoms with Gasteiger partial charge in [-0.15, -0.1) is 0 Å². The van der Waals surface area contributed by atoms with Crippen molar-refractivity contribution in [3.63, 3.8) is 0 Å². The van der Waals surface area contributed by atoms with Crippen molar-refractivity contribution >= 4 is 140 Å². The molecule has 0 bridgehead atoms. The molecule has 0 rings (SSSR count). The number of hydrogen-bond donors (Lipinski definition) is 0. The Morgan fingerprint density at radius 3 is 0.842 bits per heavy atom. The summed E-state index contributed by atoms with van der Waals surface area (Å²) in [4.78, 5) is 23.4. The summed E-state index contributed by atoms with van der Waals surface area (Å²) in [6.07, 6.45) is 0. The van der Waals surface area contributed by atoms with Gasteiger partial charge >= 0.3 is 125 Å². The van der Waals surface area contributed by atoms with Crippen LogP contribution in [0.1, 0.15) is 0 Å². The third kappa shape index (κ3) is 63.7. The van der Waals surface area contributed by atoms with Gasteiger partial charge in [0.2, 0.25) is 0 Å². The Hall–Kier alpha value is 2.47. The smallest absolute Gasteiger partial charge is 0.907 e. The van der Waals surface area contributed by atoms with Crippen LogP contribution >= 0.6 is 0 Å². The van der Waals surface area contributed by atoms with E-state index in [2.05, 4.69) is 9.88 Å². The van der Waals surface area contributed by atoms with E-state index in [1.165, 1.54) is 0 Å². The molecule has 0 fully saturated rings. The molecule has 0 amide bonds. The first kappa shape index (κ1) is 37.6. The molecule has 0 aromatic rings. The SMILES string of the molecule is O=C(OF)C(=O)OF.[Ca+2].[Ca+2].[Ca+2].[O-]B([O-])[O-].[O-]B([O-])[O-]. The fourth-order valence-electron chi connectivity index (χ4n) is 0.0630. The second kappa shape index (κ2) is 28.6. The van der Waals surface area contributed by atoms with Gasteiger partial charge in [-0.2, -0.15) is 0 Å². The maximum absolute atomic E-state index is 10.5. The Kier molecular flexibility index (Phi) is 56.6. The van der Waals surface area contributed by atoms with E-state index in [0.717, 1.165) is 0 Å². The normalized spacial score (nSPS) is 6.11. The van der Waals surface area contributed by atoms with Gasteiger partial charge in [0.1, 0.15) is 0 Å². The van der Waals surface area contributed by atoms with E-state index in [-0.39, 0.29) is 113 Å². The van der Waals surface area contributed by atoms with Crippen LogP contribution in [-0.4, -0.2) is 140 Å². The molecule has 0 aliphatic carbocycles. The minimum absolute atomic E-state index is 0. The van der Waals surface area contributed by atoms with Crippen LogP contribution in [0.25, 0.3) is 0 Å². The predicted octanol–water partition coefficient (Wildman–Crippen LogP) is -9.20. The molecule has 0 atom stereocenters. The topological polar surface area (TPSA) is 191 Å². The van der Waals surface area contributed by atoms with Crippen molar-refractivity contribution in [2.75, 3.05) is 0 Å². The van der Waals surface area contributed by atoms with Crippen molar-refractivity contribution in [1.29, 1.82) is 0 Å². The largest absolute Gasteiger partial charge is 2.00 e. The van der Waals surface area contributed by atoms with Crippen molar-refractivity contribution < 1.29 is 58.7 Å². The molecule has 0 heterocycles. The number of hydrogen-bond acceptors (Lipinski definition) is 10. The van der Waals surface area contributed by atoms with Crippen molar-refractivity contribution in [2.45, 2.75) is 0 Å². The van der Waals surface area contributed by atoms with E-state index in [0.29, 0.717) is 0 Å². The number of carbonyl (C=O) groups excluding carboxylic acids is 2. The molecule has 19 heavy (non-hydrogen) atoms. The first-order valence-electron chi connectivity index (χ1n) is 2.79. The second-order valence-corrected chi connectivity index (χ2v) is 1.31.